The zero-order valence-electron chi connectivity index (χ0n) is 7.91. The van der Waals surface area contributed by atoms with Crippen molar-refractivity contribution in [3.05, 3.63) is 0 Å². The van der Waals surface area contributed by atoms with Crippen molar-refractivity contribution in [2.45, 2.75) is 31.8 Å². The fraction of sp³-hybridized carbons (Fsp3) is 0.750. The van der Waals surface area contributed by atoms with Gasteiger partial charge in [-0.25, -0.2) is 0 Å². The average Bonchev–Trinajstić information content (AvgIpc) is 1.80. The first-order chi connectivity index (χ1) is 5.84. The van der Waals surface area contributed by atoms with Crippen molar-refractivity contribution < 1.29 is 9.59 Å². The number of amides is 2. The number of primary amides is 1. The molecule has 0 bridgehead atoms. The van der Waals surface area contributed by atoms with Crippen molar-refractivity contribution in [2.24, 2.45) is 11.5 Å². The smallest absolute Gasteiger partial charge is 0.242 e. The van der Waals surface area contributed by atoms with E-state index in [-0.39, 0.29) is 5.91 Å². The van der Waals surface area contributed by atoms with Gasteiger partial charge in [-0.15, -0.1) is 0 Å². The van der Waals surface area contributed by atoms with E-state index < -0.39 is 17.5 Å². The molecule has 0 aromatic carbocycles. The van der Waals surface area contributed by atoms with E-state index in [1.807, 2.05) is 0 Å². The second kappa shape index (κ2) is 2.99. The van der Waals surface area contributed by atoms with Crippen LogP contribution in [0.3, 0.4) is 0 Å². The predicted molar refractivity (Wildman–Crippen MR) is 47.6 cm³/mol. The first kappa shape index (κ1) is 9.98. The third-order valence-electron chi connectivity index (χ3n) is 2.16. The Balaban J connectivity index is 2.65. The molecule has 4 N–H and O–H groups in total. The molecule has 1 unspecified atom stereocenters. The summed E-state index contributed by atoms with van der Waals surface area (Å²) < 4.78 is 0. The Kier molecular flexibility index (Phi) is 2.30. The summed E-state index contributed by atoms with van der Waals surface area (Å²) in [7, 11) is 0. The Morgan fingerprint density at radius 1 is 1.46 bits per heavy atom. The van der Waals surface area contributed by atoms with Gasteiger partial charge in [0.25, 0.3) is 0 Å². The van der Waals surface area contributed by atoms with E-state index in [0.717, 1.165) is 0 Å². The lowest BCUT2D eigenvalue weighted by Gasteiger charge is -2.41. The highest BCUT2D eigenvalue weighted by Gasteiger charge is 2.40. The Morgan fingerprint density at radius 3 is 2.23 bits per heavy atom. The van der Waals surface area contributed by atoms with Gasteiger partial charge >= 0.3 is 0 Å². The summed E-state index contributed by atoms with van der Waals surface area (Å²) in [5.41, 5.74) is 9.78. The number of carbonyl (C=O) groups is 2. The third-order valence-corrected chi connectivity index (χ3v) is 2.16. The average molecular weight is 185 g/mol. The highest BCUT2D eigenvalue weighted by Crippen LogP contribution is 2.20. The molecule has 0 radical (unpaired) electrons. The van der Waals surface area contributed by atoms with E-state index in [0.29, 0.717) is 13.0 Å². The quantitative estimate of drug-likeness (QED) is 0.567. The number of nitrogens with two attached hydrogens (primary N) is 2. The summed E-state index contributed by atoms with van der Waals surface area (Å²) in [6, 6.07) is -0.449. The van der Waals surface area contributed by atoms with Gasteiger partial charge in [0.2, 0.25) is 11.8 Å². The minimum Gasteiger partial charge on any atom is -0.368 e. The molecule has 5 heteroatoms. The topological polar surface area (TPSA) is 89.4 Å². The van der Waals surface area contributed by atoms with E-state index >= 15 is 0 Å². The van der Waals surface area contributed by atoms with Crippen LogP contribution in [0.5, 0.6) is 0 Å². The van der Waals surface area contributed by atoms with Gasteiger partial charge in [-0.3, -0.25) is 9.59 Å². The molecular weight excluding hydrogens is 170 g/mol. The Morgan fingerprint density at radius 2 is 2.00 bits per heavy atom. The highest BCUT2D eigenvalue weighted by atomic mass is 16.2. The minimum atomic E-state index is -0.922. The van der Waals surface area contributed by atoms with Crippen LogP contribution in [0.4, 0.5) is 0 Å². The summed E-state index contributed by atoms with van der Waals surface area (Å²) in [6.07, 6.45) is 0.650. The van der Waals surface area contributed by atoms with Crippen molar-refractivity contribution >= 4 is 11.8 Å². The normalized spacial score (nSPS) is 22.4. The molecule has 1 aliphatic heterocycles. The van der Waals surface area contributed by atoms with Gasteiger partial charge in [0, 0.05) is 6.54 Å². The monoisotopic (exact) mass is 185 g/mol. The van der Waals surface area contributed by atoms with E-state index in [4.69, 9.17) is 11.5 Å². The molecule has 74 valence electrons. The van der Waals surface area contributed by atoms with Gasteiger partial charge < -0.3 is 16.4 Å². The number of hydrogen-bond acceptors (Lipinski definition) is 3. The first-order valence-corrected chi connectivity index (χ1v) is 4.23. The lowest BCUT2D eigenvalue weighted by Crippen LogP contribution is -2.63. The van der Waals surface area contributed by atoms with Crippen molar-refractivity contribution in [2.75, 3.05) is 6.54 Å². The van der Waals surface area contributed by atoms with Gasteiger partial charge in [-0.1, -0.05) is 0 Å². The molecule has 1 aliphatic rings. The molecule has 0 saturated carbocycles. The van der Waals surface area contributed by atoms with Crippen LogP contribution in [0.1, 0.15) is 20.3 Å². The van der Waals surface area contributed by atoms with Crippen molar-refractivity contribution in [3.8, 4) is 0 Å². The van der Waals surface area contributed by atoms with Gasteiger partial charge in [0.15, 0.2) is 0 Å². The molecule has 0 spiro atoms. The summed E-state index contributed by atoms with van der Waals surface area (Å²) in [5.74, 6) is -0.675. The Labute approximate surface area is 77.1 Å². The van der Waals surface area contributed by atoms with Gasteiger partial charge in [-0.05, 0) is 20.3 Å². The molecule has 1 heterocycles. The Hall–Kier alpha value is -1.10. The summed E-state index contributed by atoms with van der Waals surface area (Å²) in [4.78, 5) is 23.8. The first-order valence-electron chi connectivity index (χ1n) is 4.23. The predicted octanol–water partition coefficient (Wildman–Crippen LogP) is -1.19. The summed E-state index contributed by atoms with van der Waals surface area (Å²) in [6.45, 7) is 3.81. The van der Waals surface area contributed by atoms with Crippen LogP contribution in [-0.2, 0) is 9.59 Å². The molecule has 0 aliphatic carbocycles. The minimum absolute atomic E-state index is 0.220. The molecule has 2 amide bonds. The lowest BCUT2D eigenvalue weighted by molar-refractivity contribution is -0.149. The molecule has 0 aromatic rings. The summed E-state index contributed by atoms with van der Waals surface area (Å²) >= 11 is 0. The number of hydrogen-bond donors (Lipinski definition) is 2. The molecule has 5 nitrogen and oxygen atoms in total. The maximum Gasteiger partial charge on any atom is 0.242 e. The van der Waals surface area contributed by atoms with Crippen molar-refractivity contribution in [1.82, 2.24) is 4.90 Å². The van der Waals surface area contributed by atoms with Gasteiger partial charge in [-0.2, -0.15) is 0 Å². The number of rotatable bonds is 2. The van der Waals surface area contributed by atoms with Gasteiger partial charge in [0.05, 0.1) is 5.54 Å². The molecular formula is C8H15N3O2. The number of nitrogens with zero attached hydrogens (tertiary/aromatic N) is 1. The second-order valence-corrected chi connectivity index (χ2v) is 3.93. The van der Waals surface area contributed by atoms with Gasteiger partial charge in [0.1, 0.15) is 6.04 Å². The lowest BCUT2D eigenvalue weighted by atomic mass is 9.96. The van der Waals surface area contributed by atoms with E-state index in [9.17, 15) is 9.59 Å². The molecule has 1 saturated heterocycles. The zero-order chi connectivity index (χ0) is 10.2. The van der Waals surface area contributed by atoms with Crippen LogP contribution in [0.2, 0.25) is 0 Å². The molecule has 1 fully saturated rings. The van der Waals surface area contributed by atoms with Crippen LogP contribution < -0.4 is 11.5 Å². The van der Waals surface area contributed by atoms with E-state index in [2.05, 4.69) is 0 Å². The van der Waals surface area contributed by atoms with E-state index in [1.54, 1.807) is 13.8 Å². The van der Waals surface area contributed by atoms with Crippen LogP contribution >= 0.6 is 0 Å². The second-order valence-electron chi connectivity index (χ2n) is 3.93. The largest absolute Gasteiger partial charge is 0.368 e. The highest BCUT2D eigenvalue weighted by molar-refractivity contribution is 5.92. The zero-order valence-corrected chi connectivity index (χ0v) is 7.91. The van der Waals surface area contributed by atoms with Crippen LogP contribution in [-0.4, -0.2) is 34.8 Å². The molecule has 0 aromatic heterocycles. The molecule has 13 heavy (non-hydrogen) atoms. The fourth-order valence-electron chi connectivity index (χ4n) is 1.30. The maximum atomic E-state index is 11.6. The molecule has 1 atom stereocenters. The fourth-order valence-corrected chi connectivity index (χ4v) is 1.30. The number of likely N-dealkylation sites (tertiary alicyclic amines) is 1. The van der Waals surface area contributed by atoms with Crippen molar-refractivity contribution in [3.63, 3.8) is 0 Å². The number of carbonyl (C=O) groups excluding carboxylic acids is 2. The Bertz CT molecular complexity index is 244. The van der Waals surface area contributed by atoms with Crippen molar-refractivity contribution in [1.29, 1.82) is 0 Å². The SMILES string of the molecule is CC(C)(N)C(=O)N1CCC1C(N)=O. The third kappa shape index (κ3) is 1.80. The summed E-state index contributed by atoms with van der Waals surface area (Å²) in [5, 5.41) is 0. The standard InChI is InChI=1S/C8H15N3O2/c1-8(2,10)7(13)11-4-3-5(11)6(9)12/h5H,3-4,10H2,1-2H3,(H2,9,12). The maximum absolute atomic E-state index is 11.6. The van der Waals surface area contributed by atoms with Crippen LogP contribution in [0, 0.1) is 0 Å². The van der Waals surface area contributed by atoms with Crippen LogP contribution in [0.25, 0.3) is 0 Å². The van der Waals surface area contributed by atoms with E-state index in [1.165, 1.54) is 4.90 Å². The molecule has 1 rings (SSSR count). The van der Waals surface area contributed by atoms with Crippen LogP contribution in [0.15, 0.2) is 0 Å².